The number of carbonyl (C=O) groups excluding carboxylic acids is 1. The number of piperazine rings is 1. The van der Waals surface area contributed by atoms with Gasteiger partial charge in [0.2, 0.25) is 5.91 Å². The van der Waals surface area contributed by atoms with E-state index in [4.69, 9.17) is 0 Å². The van der Waals surface area contributed by atoms with Crippen molar-refractivity contribution in [3.63, 3.8) is 0 Å². The molecule has 2 aliphatic heterocycles. The number of amides is 1. The molecule has 2 N–H and O–H groups in total. The molecule has 1 aromatic carbocycles. The highest BCUT2D eigenvalue weighted by Gasteiger charge is 2.33. The zero-order valence-electron chi connectivity index (χ0n) is 8.23. The standard InChI is InChI=1S/C11H12N2O2/c14-9-1-2-10-7(4-9)3-8-5-12-11(15)6-13(8)10/h1-2,4,8,14H,3,5-6H2,(H,12,15). The number of aromatic hydroxyl groups is 1. The van der Waals surface area contributed by atoms with Gasteiger partial charge < -0.3 is 15.3 Å². The lowest BCUT2D eigenvalue weighted by molar-refractivity contribution is -0.120. The molecule has 15 heavy (non-hydrogen) atoms. The molecule has 0 radical (unpaired) electrons. The third-order valence-electron chi connectivity index (χ3n) is 3.12. The minimum Gasteiger partial charge on any atom is -0.508 e. The summed E-state index contributed by atoms with van der Waals surface area (Å²) >= 11 is 0. The Morgan fingerprint density at radius 1 is 1.47 bits per heavy atom. The third-order valence-corrected chi connectivity index (χ3v) is 3.12. The number of fused-ring (bicyclic) bond motifs is 3. The van der Waals surface area contributed by atoms with Crippen LogP contribution in [-0.4, -0.2) is 30.1 Å². The van der Waals surface area contributed by atoms with Gasteiger partial charge in [0, 0.05) is 12.2 Å². The van der Waals surface area contributed by atoms with Crippen molar-refractivity contribution in [3.8, 4) is 5.75 Å². The molecule has 4 heteroatoms. The van der Waals surface area contributed by atoms with Crippen molar-refractivity contribution < 1.29 is 9.90 Å². The highest BCUT2D eigenvalue weighted by Crippen LogP contribution is 2.34. The fourth-order valence-corrected chi connectivity index (χ4v) is 2.42. The highest BCUT2D eigenvalue weighted by atomic mass is 16.3. The van der Waals surface area contributed by atoms with E-state index < -0.39 is 0 Å². The lowest BCUT2D eigenvalue weighted by Crippen LogP contribution is -2.52. The number of hydrogen-bond acceptors (Lipinski definition) is 3. The lowest BCUT2D eigenvalue weighted by Gasteiger charge is -2.31. The van der Waals surface area contributed by atoms with Crippen LogP contribution in [0.15, 0.2) is 18.2 Å². The number of phenolic OH excluding ortho intramolecular Hbond substituents is 1. The smallest absolute Gasteiger partial charge is 0.239 e. The van der Waals surface area contributed by atoms with E-state index in [0.29, 0.717) is 24.9 Å². The van der Waals surface area contributed by atoms with Crippen LogP contribution in [0.25, 0.3) is 0 Å². The van der Waals surface area contributed by atoms with Gasteiger partial charge in [0.05, 0.1) is 12.6 Å². The summed E-state index contributed by atoms with van der Waals surface area (Å²) in [6.07, 6.45) is 0.907. The Kier molecular flexibility index (Phi) is 1.65. The number of hydrogen-bond donors (Lipinski definition) is 2. The van der Waals surface area contributed by atoms with Gasteiger partial charge in [-0.3, -0.25) is 4.79 Å². The average molecular weight is 204 g/mol. The zero-order valence-corrected chi connectivity index (χ0v) is 8.23. The molecule has 1 unspecified atom stereocenters. The van der Waals surface area contributed by atoms with Crippen molar-refractivity contribution in [3.05, 3.63) is 23.8 Å². The zero-order chi connectivity index (χ0) is 10.4. The minimum atomic E-state index is 0.0761. The van der Waals surface area contributed by atoms with Crippen LogP contribution in [0.1, 0.15) is 5.56 Å². The minimum absolute atomic E-state index is 0.0761. The van der Waals surface area contributed by atoms with E-state index in [9.17, 15) is 9.90 Å². The van der Waals surface area contributed by atoms with Crippen molar-refractivity contribution in [1.82, 2.24) is 5.32 Å². The van der Waals surface area contributed by atoms with Crippen LogP contribution in [0.2, 0.25) is 0 Å². The monoisotopic (exact) mass is 204 g/mol. The van der Waals surface area contributed by atoms with Crippen LogP contribution >= 0.6 is 0 Å². The van der Waals surface area contributed by atoms with Crippen molar-refractivity contribution in [1.29, 1.82) is 0 Å². The van der Waals surface area contributed by atoms with Crippen molar-refractivity contribution in [2.45, 2.75) is 12.5 Å². The molecule has 0 spiro atoms. The molecule has 1 saturated heterocycles. The number of rotatable bonds is 0. The normalized spacial score (nSPS) is 23.3. The molecule has 0 bridgehead atoms. The fraction of sp³-hybridized carbons (Fsp3) is 0.364. The SMILES string of the molecule is O=C1CN2c3ccc(O)cc3CC2CN1. The predicted molar refractivity (Wildman–Crippen MR) is 56.0 cm³/mol. The van der Waals surface area contributed by atoms with Gasteiger partial charge in [0.1, 0.15) is 5.75 Å². The Labute approximate surface area is 87.5 Å². The van der Waals surface area contributed by atoms with Crippen molar-refractivity contribution in [2.75, 3.05) is 18.0 Å². The molecular weight excluding hydrogens is 192 g/mol. The molecule has 0 aliphatic carbocycles. The maximum atomic E-state index is 11.3. The van der Waals surface area contributed by atoms with Crippen LogP contribution in [0.5, 0.6) is 5.75 Å². The Bertz CT molecular complexity index is 431. The van der Waals surface area contributed by atoms with Gasteiger partial charge in [0.15, 0.2) is 0 Å². The number of benzene rings is 1. The first kappa shape index (κ1) is 8.59. The summed E-state index contributed by atoms with van der Waals surface area (Å²) in [6, 6.07) is 5.72. The van der Waals surface area contributed by atoms with Gasteiger partial charge in [-0.2, -0.15) is 0 Å². The molecule has 1 amide bonds. The van der Waals surface area contributed by atoms with Gasteiger partial charge in [0.25, 0.3) is 0 Å². The quantitative estimate of drug-likeness (QED) is 0.637. The van der Waals surface area contributed by atoms with Crippen LogP contribution in [0.4, 0.5) is 5.69 Å². The van der Waals surface area contributed by atoms with Crippen LogP contribution in [0.3, 0.4) is 0 Å². The molecule has 3 rings (SSSR count). The van der Waals surface area contributed by atoms with E-state index in [1.807, 2.05) is 6.07 Å². The summed E-state index contributed by atoms with van der Waals surface area (Å²) in [5.41, 5.74) is 2.23. The van der Waals surface area contributed by atoms with Crippen LogP contribution in [0, 0.1) is 0 Å². The van der Waals surface area contributed by atoms with E-state index >= 15 is 0 Å². The second-order valence-corrected chi connectivity index (χ2v) is 4.10. The van der Waals surface area contributed by atoms with E-state index in [2.05, 4.69) is 10.2 Å². The molecule has 4 nitrogen and oxygen atoms in total. The topological polar surface area (TPSA) is 52.6 Å². The van der Waals surface area contributed by atoms with E-state index in [-0.39, 0.29) is 5.91 Å². The number of nitrogens with one attached hydrogen (secondary N) is 1. The van der Waals surface area contributed by atoms with Crippen molar-refractivity contribution in [2.24, 2.45) is 0 Å². The summed E-state index contributed by atoms with van der Waals surface area (Å²) in [5.74, 6) is 0.375. The third kappa shape index (κ3) is 1.25. The molecular formula is C11H12N2O2. The molecule has 78 valence electrons. The second-order valence-electron chi connectivity index (χ2n) is 4.10. The lowest BCUT2D eigenvalue weighted by atomic mass is 10.1. The van der Waals surface area contributed by atoms with E-state index in [1.165, 1.54) is 0 Å². The molecule has 1 atom stereocenters. The maximum Gasteiger partial charge on any atom is 0.239 e. The number of anilines is 1. The first-order valence-corrected chi connectivity index (χ1v) is 5.09. The summed E-state index contributed by atoms with van der Waals surface area (Å²) in [6.45, 7) is 1.14. The maximum absolute atomic E-state index is 11.3. The van der Waals surface area contributed by atoms with E-state index in [1.54, 1.807) is 12.1 Å². The van der Waals surface area contributed by atoms with Gasteiger partial charge in [-0.05, 0) is 30.2 Å². The summed E-state index contributed by atoms with van der Waals surface area (Å²) in [5, 5.41) is 12.2. The molecule has 0 saturated carbocycles. The van der Waals surface area contributed by atoms with Crippen LogP contribution in [-0.2, 0) is 11.2 Å². The average Bonchev–Trinajstić information content (AvgIpc) is 2.54. The van der Waals surface area contributed by atoms with Gasteiger partial charge >= 0.3 is 0 Å². The molecule has 2 heterocycles. The first-order chi connectivity index (χ1) is 7.24. The van der Waals surface area contributed by atoms with Crippen molar-refractivity contribution >= 4 is 11.6 Å². The Morgan fingerprint density at radius 3 is 3.20 bits per heavy atom. The summed E-state index contributed by atoms with van der Waals surface area (Å²) in [4.78, 5) is 13.4. The highest BCUT2D eigenvalue weighted by molar-refractivity contribution is 5.84. The van der Waals surface area contributed by atoms with Gasteiger partial charge in [-0.1, -0.05) is 0 Å². The predicted octanol–water partition coefficient (Wildman–Crippen LogP) is 0.253. The van der Waals surface area contributed by atoms with Gasteiger partial charge in [-0.15, -0.1) is 0 Å². The number of nitrogens with zero attached hydrogens (tertiary/aromatic N) is 1. The number of carbonyl (C=O) groups is 1. The Balaban J connectivity index is 2.00. The number of phenols is 1. The molecule has 0 aromatic heterocycles. The molecule has 1 aromatic rings. The Hall–Kier alpha value is -1.71. The van der Waals surface area contributed by atoms with Crippen LogP contribution < -0.4 is 10.2 Å². The fourth-order valence-electron chi connectivity index (χ4n) is 2.42. The first-order valence-electron chi connectivity index (χ1n) is 5.09. The molecule has 2 aliphatic rings. The molecule has 1 fully saturated rings. The summed E-state index contributed by atoms with van der Waals surface area (Å²) < 4.78 is 0. The second kappa shape index (κ2) is 2.89. The Morgan fingerprint density at radius 2 is 2.33 bits per heavy atom. The van der Waals surface area contributed by atoms with E-state index in [0.717, 1.165) is 17.7 Å². The largest absolute Gasteiger partial charge is 0.508 e. The summed E-state index contributed by atoms with van der Waals surface area (Å²) in [7, 11) is 0. The van der Waals surface area contributed by atoms with Gasteiger partial charge in [-0.25, -0.2) is 0 Å².